The molecule has 5 rings (SSSR count). The highest BCUT2D eigenvalue weighted by atomic mass is 32.2. The number of anilines is 1. The van der Waals surface area contributed by atoms with E-state index in [4.69, 9.17) is 10.5 Å². The third-order valence-electron chi connectivity index (χ3n) is 6.64. The Balaban J connectivity index is 1.36. The number of amides is 1. The first-order chi connectivity index (χ1) is 16.8. The summed E-state index contributed by atoms with van der Waals surface area (Å²) < 4.78 is 33.3. The molecule has 0 bridgehead atoms. The molecular formula is C26H26N4O4S. The first-order valence-corrected chi connectivity index (χ1v) is 12.7. The molecule has 0 spiro atoms. The minimum Gasteiger partial charge on any atom is -0.497 e. The molecule has 1 fully saturated rings. The van der Waals surface area contributed by atoms with Crippen molar-refractivity contribution >= 4 is 43.3 Å². The summed E-state index contributed by atoms with van der Waals surface area (Å²) in [6, 6.07) is 17.4. The molecule has 1 atom stereocenters. The number of likely N-dealkylation sites (N-methyl/N-ethyl adjacent to an activating group) is 1. The predicted molar refractivity (Wildman–Crippen MR) is 135 cm³/mol. The van der Waals surface area contributed by atoms with Gasteiger partial charge in [0.15, 0.2) is 0 Å². The van der Waals surface area contributed by atoms with E-state index in [0.29, 0.717) is 31.1 Å². The van der Waals surface area contributed by atoms with Crippen molar-refractivity contribution in [2.45, 2.75) is 23.9 Å². The largest absolute Gasteiger partial charge is 0.497 e. The minimum absolute atomic E-state index is 0.143. The van der Waals surface area contributed by atoms with Crippen LogP contribution in [0.3, 0.4) is 0 Å². The van der Waals surface area contributed by atoms with Gasteiger partial charge in [0.05, 0.1) is 12.0 Å². The van der Waals surface area contributed by atoms with Crippen LogP contribution >= 0.6 is 0 Å². The van der Waals surface area contributed by atoms with Crippen molar-refractivity contribution in [1.29, 1.82) is 0 Å². The lowest BCUT2D eigenvalue weighted by Crippen LogP contribution is -2.42. The van der Waals surface area contributed by atoms with Crippen molar-refractivity contribution in [1.82, 2.24) is 14.2 Å². The second kappa shape index (κ2) is 8.83. The molecule has 8 nitrogen and oxygen atoms in total. The Morgan fingerprint density at radius 3 is 2.63 bits per heavy atom. The summed E-state index contributed by atoms with van der Waals surface area (Å²) in [5, 5.41) is 3.47. The van der Waals surface area contributed by atoms with Gasteiger partial charge in [-0.15, -0.1) is 0 Å². The summed E-state index contributed by atoms with van der Waals surface area (Å²) in [5.41, 5.74) is 6.92. The highest BCUT2D eigenvalue weighted by molar-refractivity contribution is 7.89. The molecule has 1 aliphatic rings. The second-order valence-electron chi connectivity index (χ2n) is 8.71. The van der Waals surface area contributed by atoms with E-state index in [-0.39, 0.29) is 10.8 Å². The molecule has 180 valence electrons. The SMILES string of the molecule is COc1ccc2ccc(S(=O)(=O)N(C)[C@H]3CCN(Cc4ccc5ccnc(N)c5c4)C3=O)cc2c1. The van der Waals surface area contributed by atoms with Crippen molar-refractivity contribution in [3.8, 4) is 5.75 Å². The molecule has 2 N–H and O–H groups in total. The fourth-order valence-corrected chi connectivity index (χ4v) is 5.98. The number of sulfonamides is 1. The number of methoxy groups -OCH3 is 1. The number of nitrogens with two attached hydrogens (primary N) is 1. The molecule has 1 aliphatic heterocycles. The predicted octanol–water partition coefficient (Wildman–Crippen LogP) is 3.40. The van der Waals surface area contributed by atoms with E-state index < -0.39 is 16.1 Å². The Bertz CT molecular complexity index is 1550. The zero-order valence-electron chi connectivity index (χ0n) is 19.5. The van der Waals surface area contributed by atoms with Gasteiger partial charge in [-0.1, -0.05) is 24.3 Å². The Labute approximate surface area is 204 Å². The molecule has 4 aromatic rings. The van der Waals surface area contributed by atoms with E-state index in [1.165, 1.54) is 11.4 Å². The van der Waals surface area contributed by atoms with Crippen LogP contribution in [0, 0.1) is 0 Å². The number of carbonyl (C=O) groups excluding carboxylic acids is 1. The maximum absolute atomic E-state index is 13.4. The minimum atomic E-state index is -3.88. The third-order valence-corrected chi connectivity index (χ3v) is 8.50. The van der Waals surface area contributed by atoms with Crippen LogP contribution in [0.1, 0.15) is 12.0 Å². The van der Waals surface area contributed by atoms with E-state index in [1.807, 2.05) is 36.4 Å². The maximum Gasteiger partial charge on any atom is 0.243 e. The fraction of sp³-hybridized carbons (Fsp3) is 0.231. The highest BCUT2D eigenvalue weighted by Gasteiger charge is 2.39. The summed E-state index contributed by atoms with van der Waals surface area (Å²) in [4.78, 5) is 19.2. The zero-order valence-corrected chi connectivity index (χ0v) is 20.3. The summed E-state index contributed by atoms with van der Waals surface area (Å²) in [6.07, 6.45) is 2.08. The monoisotopic (exact) mass is 490 g/mol. The number of hydrogen-bond donors (Lipinski definition) is 1. The van der Waals surface area contributed by atoms with Gasteiger partial charge in [0.1, 0.15) is 17.6 Å². The number of nitrogens with zero attached hydrogens (tertiary/aromatic N) is 3. The topological polar surface area (TPSA) is 106 Å². The number of carbonyl (C=O) groups is 1. The average Bonchev–Trinajstić information content (AvgIpc) is 3.22. The van der Waals surface area contributed by atoms with Gasteiger partial charge in [-0.25, -0.2) is 13.4 Å². The number of benzene rings is 3. The Hall–Kier alpha value is -3.69. The van der Waals surface area contributed by atoms with Gasteiger partial charge in [-0.2, -0.15) is 4.31 Å². The molecule has 0 unspecified atom stereocenters. The quantitative estimate of drug-likeness (QED) is 0.444. The van der Waals surface area contributed by atoms with Crippen LogP contribution in [-0.2, 0) is 21.4 Å². The number of rotatable bonds is 6. The molecule has 0 radical (unpaired) electrons. The Morgan fingerprint density at radius 1 is 1.06 bits per heavy atom. The van der Waals surface area contributed by atoms with E-state index in [1.54, 1.807) is 42.5 Å². The van der Waals surface area contributed by atoms with Crippen molar-refractivity contribution in [2.24, 2.45) is 0 Å². The molecule has 1 saturated heterocycles. The van der Waals surface area contributed by atoms with Crippen LogP contribution < -0.4 is 10.5 Å². The summed E-state index contributed by atoms with van der Waals surface area (Å²) in [6.45, 7) is 0.849. The molecule has 3 aromatic carbocycles. The highest BCUT2D eigenvalue weighted by Crippen LogP contribution is 2.29. The number of aromatic nitrogens is 1. The van der Waals surface area contributed by atoms with Crippen molar-refractivity contribution in [3.05, 3.63) is 72.4 Å². The summed E-state index contributed by atoms with van der Waals surface area (Å²) >= 11 is 0. The fourth-order valence-electron chi connectivity index (χ4n) is 4.60. The maximum atomic E-state index is 13.4. The lowest BCUT2D eigenvalue weighted by Gasteiger charge is -2.24. The number of hydrogen-bond acceptors (Lipinski definition) is 6. The van der Waals surface area contributed by atoms with Crippen LogP contribution in [0.25, 0.3) is 21.5 Å². The van der Waals surface area contributed by atoms with Gasteiger partial charge in [-0.3, -0.25) is 4.79 Å². The van der Waals surface area contributed by atoms with E-state index in [9.17, 15) is 13.2 Å². The first-order valence-electron chi connectivity index (χ1n) is 11.3. The Kier molecular flexibility index (Phi) is 5.82. The lowest BCUT2D eigenvalue weighted by molar-refractivity contribution is -0.131. The van der Waals surface area contributed by atoms with Crippen LogP contribution in [0.5, 0.6) is 5.75 Å². The van der Waals surface area contributed by atoms with Crippen LogP contribution in [0.15, 0.2) is 71.8 Å². The third kappa shape index (κ3) is 4.17. The number of pyridine rings is 1. The lowest BCUT2D eigenvalue weighted by atomic mass is 10.1. The van der Waals surface area contributed by atoms with E-state index in [0.717, 1.165) is 27.1 Å². The molecule has 1 aromatic heterocycles. The number of fused-ring (bicyclic) bond motifs is 2. The van der Waals surface area contributed by atoms with Gasteiger partial charge >= 0.3 is 0 Å². The van der Waals surface area contributed by atoms with Gasteiger partial charge < -0.3 is 15.4 Å². The molecule has 1 amide bonds. The van der Waals surface area contributed by atoms with Gasteiger partial charge in [0.2, 0.25) is 15.9 Å². The molecule has 0 saturated carbocycles. The van der Waals surface area contributed by atoms with E-state index in [2.05, 4.69) is 4.98 Å². The van der Waals surface area contributed by atoms with Crippen LogP contribution in [-0.4, -0.2) is 55.3 Å². The second-order valence-corrected chi connectivity index (χ2v) is 10.7. The van der Waals surface area contributed by atoms with Crippen molar-refractivity contribution in [3.63, 3.8) is 0 Å². The first kappa shape index (κ1) is 23.1. The molecule has 2 heterocycles. The van der Waals surface area contributed by atoms with Crippen LogP contribution in [0.2, 0.25) is 0 Å². The number of likely N-dealkylation sites (tertiary alicyclic amines) is 1. The zero-order chi connectivity index (χ0) is 24.7. The van der Waals surface area contributed by atoms with Gasteiger partial charge in [-0.05, 0) is 64.5 Å². The van der Waals surface area contributed by atoms with Gasteiger partial charge in [0.25, 0.3) is 0 Å². The summed E-state index contributed by atoms with van der Waals surface area (Å²) in [5.74, 6) is 0.875. The average molecular weight is 491 g/mol. The van der Waals surface area contributed by atoms with E-state index >= 15 is 0 Å². The molecule has 9 heteroatoms. The molecule has 0 aliphatic carbocycles. The van der Waals surface area contributed by atoms with Gasteiger partial charge in [0, 0.05) is 31.7 Å². The van der Waals surface area contributed by atoms with Crippen molar-refractivity contribution < 1.29 is 17.9 Å². The van der Waals surface area contributed by atoms with Crippen LogP contribution in [0.4, 0.5) is 5.82 Å². The number of nitrogen functional groups attached to an aromatic ring is 1. The van der Waals surface area contributed by atoms with Crippen molar-refractivity contribution in [2.75, 3.05) is 26.4 Å². The standard InChI is InChI=1S/C26H26N4O4S/c1-29(35(32,33)22-8-6-18-5-7-21(34-2)14-20(18)15-22)24-10-12-30(26(24)31)16-17-3-4-19-9-11-28-25(27)23(19)13-17/h3-9,11,13-15,24H,10,12,16H2,1-2H3,(H2,27,28)/t24-/m0/s1. The number of ether oxygens (including phenoxy) is 1. The Morgan fingerprint density at radius 2 is 1.83 bits per heavy atom. The summed E-state index contributed by atoms with van der Waals surface area (Å²) in [7, 11) is -0.839. The molecule has 35 heavy (non-hydrogen) atoms. The molecular weight excluding hydrogens is 464 g/mol. The normalized spacial score (nSPS) is 16.5. The smallest absolute Gasteiger partial charge is 0.243 e.